The van der Waals surface area contributed by atoms with E-state index >= 15 is 0 Å². The number of nitrogens with zero attached hydrogens (tertiary/aromatic N) is 2. The molecule has 1 heterocycles. The number of anilines is 1. The van der Waals surface area contributed by atoms with Crippen LogP contribution in [0.15, 0.2) is 48.9 Å². The van der Waals surface area contributed by atoms with Crippen LogP contribution in [0.5, 0.6) is 0 Å². The van der Waals surface area contributed by atoms with Crippen LogP contribution in [-0.2, 0) is 10.5 Å². The van der Waals surface area contributed by atoms with Gasteiger partial charge in [-0.05, 0) is 12.5 Å². The van der Waals surface area contributed by atoms with Gasteiger partial charge in [-0.3, -0.25) is 9.78 Å². The third kappa shape index (κ3) is 5.73. The minimum absolute atomic E-state index is 0.0573. The Morgan fingerprint density at radius 1 is 1.23 bits per heavy atom. The Labute approximate surface area is 135 Å². The second kappa shape index (κ2) is 9.04. The molecule has 0 fully saturated rings. The molecule has 0 aliphatic heterocycles. The molecule has 1 aromatic heterocycles. The van der Waals surface area contributed by atoms with Crippen LogP contribution >= 0.6 is 11.8 Å². The van der Waals surface area contributed by atoms with Crippen molar-refractivity contribution >= 4 is 23.5 Å². The number of rotatable bonds is 8. The zero-order valence-electron chi connectivity index (χ0n) is 12.5. The fraction of sp³-hybridized carbons (Fsp3) is 0.312. The van der Waals surface area contributed by atoms with Gasteiger partial charge in [0.2, 0.25) is 5.91 Å². The van der Waals surface area contributed by atoms with Crippen LogP contribution in [0.2, 0.25) is 0 Å². The van der Waals surface area contributed by atoms with Gasteiger partial charge in [-0.1, -0.05) is 30.3 Å². The fourth-order valence-electron chi connectivity index (χ4n) is 1.78. The molecule has 0 spiro atoms. The standard InChI is InChI=1S/C16H20N4OS/c1-13(22-12-14-5-3-2-4-6-14)16(21)20-10-9-19-15-11-17-7-8-18-15/h2-8,11,13H,9-10,12H2,1H3,(H,18,19)(H,20,21). The summed E-state index contributed by atoms with van der Waals surface area (Å²) in [5, 5.41) is 5.95. The molecule has 1 unspecified atom stereocenters. The van der Waals surface area contributed by atoms with Crippen molar-refractivity contribution in [2.45, 2.75) is 17.9 Å². The Hall–Kier alpha value is -2.08. The van der Waals surface area contributed by atoms with Crippen molar-refractivity contribution < 1.29 is 4.79 Å². The number of hydrogen-bond acceptors (Lipinski definition) is 5. The van der Waals surface area contributed by atoms with E-state index in [0.29, 0.717) is 18.9 Å². The predicted molar refractivity (Wildman–Crippen MR) is 90.7 cm³/mol. The van der Waals surface area contributed by atoms with Crippen LogP contribution in [0, 0.1) is 0 Å². The molecule has 5 nitrogen and oxygen atoms in total. The molecule has 1 amide bonds. The van der Waals surface area contributed by atoms with Crippen molar-refractivity contribution in [3.8, 4) is 0 Å². The molecule has 0 radical (unpaired) electrons. The number of nitrogens with one attached hydrogen (secondary N) is 2. The van der Waals surface area contributed by atoms with Gasteiger partial charge in [0.15, 0.2) is 0 Å². The fourth-order valence-corrected chi connectivity index (χ4v) is 2.65. The Morgan fingerprint density at radius 2 is 2.05 bits per heavy atom. The highest BCUT2D eigenvalue weighted by atomic mass is 32.2. The number of aromatic nitrogens is 2. The zero-order chi connectivity index (χ0) is 15.6. The van der Waals surface area contributed by atoms with E-state index in [1.165, 1.54) is 5.56 Å². The van der Waals surface area contributed by atoms with E-state index in [-0.39, 0.29) is 11.2 Å². The predicted octanol–water partition coefficient (Wildman–Crippen LogP) is 2.33. The van der Waals surface area contributed by atoms with Gasteiger partial charge >= 0.3 is 0 Å². The summed E-state index contributed by atoms with van der Waals surface area (Å²) in [4.78, 5) is 20.1. The van der Waals surface area contributed by atoms with Crippen molar-refractivity contribution in [3.05, 3.63) is 54.5 Å². The lowest BCUT2D eigenvalue weighted by Gasteiger charge is -2.12. The average molecular weight is 316 g/mol. The maximum Gasteiger partial charge on any atom is 0.232 e. The van der Waals surface area contributed by atoms with Gasteiger partial charge in [0.05, 0.1) is 11.4 Å². The van der Waals surface area contributed by atoms with Crippen molar-refractivity contribution in [3.63, 3.8) is 0 Å². The quantitative estimate of drug-likeness (QED) is 0.732. The number of hydrogen-bond donors (Lipinski definition) is 2. The van der Waals surface area contributed by atoms with Crippen LogP contribution in [0.1, 0.15) is 12.5 Å². The van der Waals surface area contributed by atoms with Crippen LogP contribution < -0.4 is 10.6 Å². The zero-order valence-corrected chi connectivity index (χ0v) is 13.3. The van der Waals surface area contributed by atoms with Gasteiger partial charge in [0, 0.05) is 31.2 Å². The van der Waals surface area contributed by atoms with Crippen LogP contribution in [-0.4, -0.2) is 34.2 Å². The number of carbonyl (C=O) groups excluding carboxylic acids is 1. The highest BCUT2D eigenvalue weighted by Crippen LogP contribution is 2.17. The van der Waals surface area contributed by atoms with Gasteiger partial charge in [0.25, 0.3) is 0 Å². The van der Waals surface area contributed by atoms with Crippen LogP contribution in [0.25, 0.3) is 0 Å². The first-order chi connectivity index (χ1) is 10.8. The third-order valence-electron chi connectivity index (χ3n) is 3.01. The molecule has 116 valence electrons. The van der Waals surface area contributed by atoms with E-state index in [2.05, 4.69) is 32.7 Å². The largest absolute Gasteiger partial charge is 0.367 e. The minimum Gasteiger partial charge on any atom is -0.367 e. The first-order valence-corrected chi connectivity index (χ1v) is 8.23. The summed E-state index contributed by atoms with van der Waals surface area (Å²) in [6.45, 7) is 3.12. The Kier molecular flexibility index (Phi) is 6.70. The van der Waals surface area contributed by atoms with Crippen molar-refractivity contribution in [1.82, 2.24) is 15.3 Å². The van der Waals surface area contributed by atoms with Gasteiger partial charge in [-0.2, -0.15) is 0 Å². The molecular weight excluding hydrogens is 296 g/mol. The maximum atomic E-state index is 12.0. The molecule has 2 N–H and O–H groups in total. The topological polar surface area (TPSA) is 66.9 Å². The third-order valence-corrected chi connectivity index (χ3v) is 4.22. The minimum atomic E-state index is -0.0725. The molecule has 0 bridgehead atoms. The maximum absolute atomic E-state index is 12.0. The molecule has 2 aromatic rings. The monoisotopic (exact) mass is 316 g/mol. The highest BCUT2D eigenvalue weighted by molar-refractivity contribution is 7.99. The summed E-state index contributed by atoms with van der Waals surface area (Å²) in [5.74, 6) is 1.61. The molecular formula is C16H20N4OS. The highest BCUT2D eigenvalue weighted by Gasteiger charge is 2.12. The number of thioether (sulfide) groups is 1. The number of benzene rings is 1. The van der Waals surface area contributed by atoms with Gasteiger partial charge in [-0.15, -0.1) is 11.8 Å². The summed E-state index contributed by atoms with van der Waals surface area (Å²) in [6, 6.07) is 10.2. The second-order valence-corrected chi connectivity index (χ2v) is 6.08. The second-order valence-electron chi connectivity index (χ2n) is 4.75. The smallest absolute Gasteiger partial charge is 0.232 e. The summed E-state index contributed by atoms with van der Waals surface area (Å²) in [5.41, 5.74) is 1.23. The molecule has 2 rings (SSSR count). The van der Waals surface area contributed by atoms with Crippen molar-refractivity contribution in [2.75, 3.05) is 18.4 Å². The van der Waals surface area contributed by atoms with E-state index in [9.17, 15) is 4.79 Å². The van der Waals surface area contributed by atoms with E-state index in [4.69, 9.17) is 0 Å². The first-order valence-electron chi connectivity index (χ1n) is 7.19. The van der Waals surface area contributed by atoms with E-state index in [0.717, 1.165) is 5.75 Å². The lowest BCUT2D eigenvalue weighted by Crippen LogP contribution is -2.34. The van der Waals surface area contributed by atoms with E-state index < -0.39 is 0 Å². The molecule has 6 heteroatoms. The summed E-state index contributed by atoms with van der Waals surface area (Å²) in [6.07, 6.45) is 4.90. The van der Waals surface area contributed by atoms with Crippen LogP contribution in [0.3, 0.4) is 0 Å². The molecule has 1 atom stereocenters. The van der Waals surface area contributed by atoms with Crippen LogP contribution in [0.4, 0.5) is 5.82 Å². The lowest BCUT2D eigenvalue weighted by atomic mass is 10.2. The molecule has 1 aromatic carbocycles. The summed E-state index contributed by atoms with van der Waals surface area (Å²) in [7, 11) is 0. The lowest BCUT2D eigenvalue weighted by molar-refractivity contribution is -0.120. The van der Waals surface area contributed by atoms with Gasteiger partial charge in [-0.25, -0.2) is 4.98 Å². The normalized spacial score (nSPS) is 11.7. The Bertz CT molecular complexity index is 565. The van der Waals surface area contributed by atoms with Gasteiger partial charge in [0.1, 0.15) is 5.82 Å². The number of carbonyl (C=O) groups is 1. The van der Waals surface area contributed by atoms with Gasteiger partial charge < -0.3 is 10.6 Å². The first kappa shape index (κ1) is 16.3. The Morgan fingerprint density at radius 3 is 2.77 bits per heavy atom. The molecule has 0 saturated heterocycles. The molecule has 22 heavy (non-hydrogen) atoms. The SMILES string of the molecule is CC(SCc1ccccc1)C(=O)NCCNc1cnccn1. The van der Waals surface area contributed by atoms with Crippen molar-refractivity contribution in [2.24, 2.45) is 0 Å². The summed E-state index contributed by atoms with van der Waals surface area (Å²) >= 11 is 1.64. The van der Waals surface area contributed by atoms with Crippen molar-refractivity contribution in [1.29, 1.82) is 0 Å². The molecule has 0 aliphatic rings. The molecule has 0 saturated carbocycles. The molecule has 0 aliphatic carbocycles. The Balaban J connectivity index is 1.62. The van der Waals surface area contributed by atoms with E-state index in [1.807, 2.05) is 25.1 Å². The number of amides is 1. The average Bonchev–Trinajstić information content (AvgIpc) is 2.58. The van der Waals surface area contributed by atoms with E-state index in [1.54, 1.807) is 30.4 Å². The summed E-state index contributed by atoms with van der Waals surface area (Å²) < 4.78 is 0.